The van der Waals surface area contributed by atoms with Gasteiger partial charge in [0.25, 0.3) is 0 Å². The molecule has 0 aliphatic carbocycles. The van der Waals surface area contributed by atoms with Crippen LogP contribution in [0.1, 0.15) is 18.9 Å². The standard InChI is InChI=1S/C12H15FN4/c1-2-4-14-8-10-3-5-16-12(11(10)13)17-7-6-15-9-17/h3,5-7,9,14H,2,4,8H2,1H3. The molecule has 0 radical (unpaired) electrons. The van der Waals surface area contributed by atoms with E-state index in [1.54, 1.807) is 29.2 Å². The van der Waals surface area contributed by atoms with Gasteiger partial charge in [-0.15, -0.1) is 0 Å². The van der Waals surface area contributed by atoms with Crippen LogP contribution in [0.25, 0.3) is 5.82 Å². The van der Waals surface area contributed by atoms with Crippen LogP contribution in [0.4, 0.5) is 4.39 Å². The lowest BCUT2D eigenvalue weighted by atomic mass is 10.2. The second kappa shape index (κ2) is 5.54. The summed E-state index contributed by atoms with van der Waals surface area (Å²) < 4.78 is 15.7. The van der Waals surface area contributed by atoms with E-state index in [4.69, 9.17) is 0 Å². The normalized spacial score (nSPS) is 10.7. The Balaban J connectivity index is 2.21. The van der Waals surface area contributed by atoms with Crippen molar-refractivity contribution in [2.75, 3.05) is 6.54 Å². The zero-order valence-corrected chi connectivity index (χ0v) is 9.73. The lowest BCUT2D eigenvalue weighted by Crippen LogP contribution is -2.16. The Morgan fingerprint density at radius 1 is 1.41 bits per heavy atom. The molecule has 2 aromatic heterocycles. The van der Waals surface area contributed by atoms with Gasteiger partial charge in [-0.25, -0.2) is 14.4 Å². The van der Waals surface area contributed by atoms with Gasteiger partial charge in [0.1, 0.15) is 6.33 Å². The second-order valence-electron chi connectivity index (χ2n) is 3.75. The van der Waals surface area contributed by atoms with Gasteiger partial charge >= 0.3 is 0 Å². The van der Waals surface area contributed by atoms with Crippen molar-refractivity contribution >= 4 is 0 Å². The molecule has 0 fully saturated rings. The molecule has 5 heteroatoms. The number of aromatic nitrogens is 3. The highest BCUT2D eigenvalue weighted by atomic mass is 19.1. The van der Waals surface area contributed by atoms with E-state index < -0.39 is 0 Å². The molecule has 2 heterocycles. The molecule has 0 bridgehead atoms. The fraction of sp³-hybridized carbons (Fsp3) is 0.333. The molecule has 0 aliphatic rings. The van der Waals surface area contributed by atoms with Crippen molar-refractivity contribution in [3.05, 3.63) is 42.4 Å². The van der Waals surface area contributed by atoms with Crippen LogP contribution in [0.3, 0.4) is 0 Å². The molecule has 0 aliphatic heterocycles. The molecule has 17 heavy (non-hydrogen) atoms. The first-order chi connectivity index (χ1) is 8.33. The number of pyridine rings is 1. The maximum atomic E-state index is 14.1. The first kappa shape index (κ1) is 11.7. The van der Waals surface area contributed by atoms with Crippen molar-refractivity contribution < 1.29 is 4.39 Å². The molecular weight excluding hydrogens is 219 g/mol. The highest BCUT2D eigenvalue weighted by molar-refractivity contribution is 5.30. The zero-order chi connectivity index (χ0) is 12.1. The minimum Gasteiger partial charge on any atom is -0.313 e. The van der Waals surface area contributed by atoms with E-state index in [-0.39, 0.29) is 5.82 Å². The van der Waals surface area contributed by atoms with Gasteiger partial charge in [-0.3, -0.25) is 4.57 Å². The lowest BCUT2D eigenvalue weighted by Gasteiger charge is -2.08. The molecule has 2 rings (SSSR count). The first-order valence-corrected chi connectivity index (χ1v) is 5.65. The zero-order valence-electron chi connectivity index (χ0n) is 9.73. The predicted molar refractivity (Wildman–Crippen MR) is 63.3 cm³/mol. The van der Waals surface area contributed by atoms with E-state index in [2.05, 4.69) is 22.2 Å². The third-order valence-electron chi connectivity index (χ3n) is 2.44. The number of hydrogen-bond acceptors (Lipinski definition) is 3. The van der Waals surface area contributed by atoms with Crippen molar-refractivity contribution in [3.8, 4) is 5.82 Å². The summed E-state index contributed by atoms with van der Waals surface area (Å²) in [5, 5.41) is 3.17. The van der Waals surface area contributed by atoms with E-state index in [1.165, 1.54) is 6.33 Å². The maximum Gasteiger partial charge on any atom is 0.174 e. The summed E-state index contributed by atoms with van der Waals surface area (Å²) in [6, 6.07) is 1.69. The lowest BCUT2D eigenvalue weighted by molar-refractivity contribution is 0.572. The molecule has 4 nitrogen and oxygen atoms in total. The molecule has 0 aromatic carbocycles. The van der Waals surface area contributed by atoms with Crippen LogP contribution in [0, 0.1) is 5.82 Å². The fourth-order valence-electron chi connectivity index (χ4n) is 1.57. The Morgan fingerprint density at radius 2 is 2.29 bits per heavy atom. The van der Waals surface area contributed by atoms with Gasteiger partial charge in [-0.05, 0) is 19.0 Å². The molecular formula is C12H15FN4. The summed E-state index contributed by atoms with van der Waals surface area (Å²) in [6.07, 6.45) is 7.45. The molecule has 0 saturated carbocycles. The number of nitrogens with one attached hydrogen (secondary N) is 1. The highest BCUT2D eigenvalue weighted by Crippen LogP contribution is 2.14. The van der Waals surface area contributed by atoms with Crippen LogP contribution in [0.2, 0.25) is 0 Å². The number of rotatable bonds is 5. The Kier molecular flexibility index (Phi) is 3.82. The van der Waals surface area contributed by atoms with Gasteiger partial charge in [0.2, 0.25) is 0 Å². The van der Waals surface area contributed by atoms with Crippen LogP contribution < -0.4 is 5.32 Å². The Bertz CT molecular complexity index is 467. The van der Waals surface area contributed by atoms with Crippen LogP contribution in [0.15, 0.2) is 31.0 Å². The topological polar surface area (TPSA) is 42.7 Å². The van der Waals surface area contributed by atoms with Gasteiger partial charge in [-0.2, -0.15) is 0 Å². The minimum atomic E-state index is -0.297. The van der Waals surface area contributed by atoms with Crippen LogP contribution in [-0.2, 0) is 6.54 Å². The number of hydrogen-bond donors (Lipinski definition) is 1. The molecule has 0 atom stereocenters. The third kappa shape index (κ3) is 2.68. The SMILES string of the molecule is CCCNCc1ccnc(-n2ccnc2)c1F. The fourth-order valence-corrected chi connectivity index (χ4v) is 1.57. The van der Waals surface area contributed by atoms with Gasteiger partial charge in [0.05, 0.1) is 0 Å². The number of halogens is 1. The summed E-state index contributed by atoms with van der Waals surface area (Å²) in [7, 11) is 0. The smallest absolute Gasteiger partial charge is 0.174 e. The molecule has 90 valence electrons. The number of nitrogens with zero attached hydrogens (tertiary/aromatic N) is 3. The summed E-state index contributed by atoms with van der Waals surface area (Å²) in [5.41, 5.74) is 0.622. The van der Waals surface area contributed by atoms with Crippen LogP contribution >= 0.6 is 0 Å². The van der Waals surface area contributed by atoms with Gasteiger partial charge in [0, 0.05) is 30.7 Å². The molecule has 0 unspecified atom stereocenters. The number of imidazole rings is 1. The van der Waals surface area contributed by atoms with E-state index in [0.717, 1.165) is 13.0 Å². The van der Waals surface area contributed by atoms with E-state index in [9.17, 15) is 4.39 Å². The summed E-state index contributed by atoms with van der Waals surface area (Å²) in [5.74, 6) is -0.00704. The average Bonchev–Trinajstić information content (AvgIpc) is 2.85. The van der Waals surface area contributed by atoms with Crippen molar-refractivity contribution in [1.82, 2.24) is 19.9 Å². The second-order valence-corrected chi connectivity index (χ2v) is 3.75. The molecule has 0 spiro atoms. The Morgan fingerprint density at radius 3 is 3.00 bits per heavy atom. The monoisotopic (exact) mass is 234 g/mol. The summed E-state index contributed by atoms with van der Waals surface area (Å²) in [4.78, 5) is 7.92. The maximum absolute atomic E-state index is 14.1. The van der Waals surface area contributed by atoms with E-state index in [0.29, 0.717) is 17.9 Å². The van der Waals surface area contributed by atoms with Crippen molar-refractivity contribution in [2.24, 2.45) is 0 Å². The van der Waals surface area contributed by atoms with Gasteiger partial charge in [-0.1, -0.05) is 6.92 Å². The van der Waals surface area contributed by atoms with Crippen molar-refractivity contribution in [3.63, 3.8) is 0 Å². The Hall–Kier alpha value is -1.75. The summed E-state index contributed by atoms with van der Waals surface area (Å²) in [6.45, 7) is 3.47. The average molecular weight is 234 g/mol. The minimum absolute atomic E-state index is 0.290. The molecule has 0 amide bonds. The quantitative estimate of drug-likeness (QED) is 0.803. The van der Waals surface area contributed by atoms with E-state index >= 15 is 0 Å². The molecule has 2 aromatic rings. The van der Waals surface area contributed by atoms with E-state index in [1.807, 2.05) is 0 Å². The van der Waals surface area contributed by atoms with Crippen LogP contribution in [0.5, 0.6) is 0 Å². The molecule has 0 saturated heterocycles. The third-order valence-corrected chi connectivity index (χ3v) is 2.44. The largest absolute Gasteiger partial charge is 0.313 e. The van der Waals surface area contributed by atoms with Crippen LogP contribution in [-0.4, -0.2) is 21.1 Å². The van der Waals surface area contributed by atoms with Gasteiger partial charge in [0.15, 0.2) is 11.6 Å². The highest BCUT2D eigenvalue weighted by Gasteiger charge is 2.10. The predicted octanol–water partition coefficient (Wildman–Crippen LogP) is 1.91. The van der Waals surface area contributed by atoms with Crippen molar-refractivity contribution in [1.29, 1.82) is 0 Å². The Labute approximate surface area is 99.5 Å². The molecule has 1 N–H and O–H groups in total. The first-order valence-electron chi connectivity index (χ1n) is 5.65. The summed E-state index contributed by atoms with van der Waals surface area (Å²) >= 11 is 0. The van der Waals surface area contributed by atoms with Gasteiger partial charge < -0.3 is 5.32 Å². The van der Waals surface area contributed by atoms with Crippen molar-refractivity contribution in [2.45, 2.75) is 19.9 Å².